The van der Waals surface area contributed by atoms with Crippen LogP contribution in [0.4, 0.5) is 0 Å². The fourth-order valence-electron chi connectivity index (χ4n) is 1.83. The molecule has 0 saturated carbocycles. The summed E-state index contributed by atoms with van der Waals surface area (Å²) in [6.45, 7) is 1.82. The molecule has 96 valence electrons. The van der Waals surface area contributed by atoms with Gasteiger partial charge in [-0.1, -0.05) is 0 Å². The molecule has 1 saturated heterocycles. The van der Waals surface area contributed by atoms with Crippen molar-refractivity contribution in [3.63, 3.8) is 0 Å². The lowest BCUT2D eigenvalue weighted by Gasteiger charge is -2.07. The lowest BCUT2D eigenvalue weighted by molar-refractivity contribution is 0.104. The molecule has 0 spiro atoms. The van der Waals surface area contributed by atoms with Gasteiger partial charge in [0.05, 0.1) is 7.11 Å². The first-order chi connectivity index (χ1) is 8.79. The number of hydrogen-bond donors (Lipinski definition) is 2. The van der Waals surface area contributed by atoms with Crippen LogP contribution in [0.15, 0.2) is 36.2 Å². The number of rotatable bonds is 3. The van der Waals surface area contributed by atoms with Crippen LogP contribution in [-0.2, 0) is 0 Å². The van der Waals surface area contributed by atoms with Gasteiger partial charge in [0.15, 0.2) is 5.78 Å². The van der Waals surface area contributed by atoms with Crippen molar-refractivity contribution in [1.82, 2.24) is 10.6 Å². The van der Waals surface area contributed by atoms with Crippen LogP contribution in [0.1, 0.15) is 23.2 Å². The van der Waals surface area contributed by atoms with Crippen LogP contribution in [-0.4, -0.2) is 26.0 Å². The zero-order chi connectivity index (χ0) is 12.8. The van der Waals surface area contributed by atoms with Gasteiger partial charge in [-0.2, -0.15) is 0 Å². The van der Waals surface area contributed by atoms with Crippen molar-refractivity contribution in [2.24, 2.45) is 0 Å². The fraction of sp³-hybridized carbons (Fsp3) is 0.357. The van der Waals surface area contributed by atoms with Crippen molar-refractivity contribution in [3.05, 3.63) is 41.7 Å². The van der Waals surface area contributed by atoms with Gasteiger partial charge in [0.25, 0.3) is 0 Å². The number of nitrogens with one attached hydrogen (secondary N) is 2. The number of carbonyl (C=O) groups excluding carboxylic acids is 1. The zero-order valence-electron chi connectivity index (χ0n) is 10.5. The highest BCUT2D eigenvalue weighted by Gasteiger charge is 2.07. The minimum Gasteiger partial charge on any atom is -0.497 e. The highest BCUT2D eigenvalue weighted by molar-refractivity contribution is 6.04. The van der Waals surface area contributed by atoms with E-state index in [0.29, 0.717) is 5.56 Å². The highest BCUT2D eigenvalue weighted by Crippen LogP contribution is 2.12. The Morgan fingerprint density at radius 1 is 1.17 bits per heavy atom. The number of hydrogen-bond acceptors (Lipinski definition) is 4. The molecule has 0 unspecified atom stereocenters. The van der Waals surface area contributed by atoms with Crippen molar-refractivity contribution in [2.75, 3.05) is 20.2 Å². The lowest BCUT2D eigenvalue weighted by Crippen LogP contribution is -2.24. The van der Waals surface area contributed by atoms with E-state index in [9.17, 15) is 4.79 Å². The summed E-state index contributed by atoms with van der Waals surface area (Å²) in [6, 6.07) is 7.13. The fourth-order valence-corrected chi connectivity index (χ4v) is 1.83. The third-order valence-corrected chi connectivity index (χ3v) is 2.88. The van der Waals surface area contributed by atoms with Gasteiger partial charge in [0.2, 0.25) is 0 Å². The SMILES string of the molecule is COc1ccc(C(=O)C=C2NCCCCN2)cc1. The molecule has 4 nitrogen and oxygen atoms in total. The number of ether oxygens (including phenoxy) is 1. The number of methoxy groups -OCH3 is 1. The predicted molar refractivity (Wildman–Crippen MR) is 70.6 cm³/mol. The Morgan fingerprint density at radius 2 is 1.78 bits per heavy atom. The molecule has 1 aliphatic rings. The van der Waals surface area contributed by atoms with E-state index >= 15 is 0 Å². The van der Waals surface area contributed by atoms with Crippen LogP contribution in [0.25, 0.3) is 0 Å². The van der Waals surface area contributed by atoms with Gasteiger partial charge >= 0.3 is 0 Å². The molecule has 0 aliphatic carbocycles. The Hall–Kier alpha value is -1.97. The molecule has 1 aliphatic heterocycles. The van der Waals surface area contributed by atoms with Gasteiger partial charge in [0.1, 0.15) is 11.6 Å². The van der Waals surface area contributed by atoms with E-state index in [0.717, 1.165) is 37.5 Å². The average molecular weight is 246 g/mol. The first kappa shape index (κ1) is 12.5. The van der Waals surface area contributed by atoms with Crippen LogP contribution < -0.4 is 15.4 Å². The summed E-state index contributed by atoms with van der Waals surface area (Å²) in [6.07, 6.45) is 3.87. The van der Waals surface area contributed by atoms with E-state index in [1.165, 1.54) is 0 Å². The summed E-state index contributed by atoms with van der Waals surface area (Å²) in [5, 5.41) is 6.42. The van der Waals surface area contributed by atoms with E-state index in [1.54, 1.807) is 37.5 Å². The summed E-state index contributed by atoms with van der Waals surface area (Å²) in [5.74, 6) is 1.56. The van der Waals surface area contributed by atoms with Crippen LogP contribution >= 0.6 is 0 Å². The summed E-state index contributed by atoms with van der Waals surface area (Å²) < 4.78 is 5.06. The number of benzene rings is 1. The van der Waals surface area contributed by atoms with Gasteiger partial charge in [-0.25, -0.2) is 0 Å². The maximum atomic E-state index is 12.0. The van der Waals surface area contributed by atoms with E-state index in [4.69, 9.17) is 4.74 Å². The van der Waals surface area contributed by atoms with Crippen LogP contribution in [0, 0.1) is 0 Å². The molecular formula is C14H18N2O2. The molecular weight excluding hydrogens is 228 g/mol. The normalized spacial score (nSPS) is 15.1. The van der Waals surface area contributed by atoms with Gasteiger partial charge in [-0.3, -0.25) is 4.79 Å². The molecule has 0 amide bonds. The van der Waals surface area contributed by atoms with Crippen molar-refractivity contribution in [3.8, 4) is 5.75 Å². The average Bonchev–Trinajstić information content (AvgIpc) is 2.67. The summed E-state index contributed by atoms with van der Waals surface area (Å²) in [4.78, 5) is 12.0. The van der Waals surface area contributed by atoms with E-state index < -0.39 is 0 Å². The molecule has 2 rings (SSSR count). The molecule has 1 fully saturated rings. The minimum absolute atomic E-state index is 0.00504. The second-order valence-electron chi connectivity index (χ2n) is 4.21. The molecule has 0 atom stereocenters. The molecule has 18 heavy (non-hydrogen) atoms. The number of ketones is 1. The zero-order valence-corrected chi connectivity index (χ0v) is 10.5. The molecule has 0 bridgehead atoms. The second-order valence-corrected chi connectivity index (χ2v) is 4.21. The van der Waals surface area contributed by atoms with Crippen LogP contribution in [0.3, 0.4) is 0 Å². The summed E-state index contributed by atoms with van der Waals surface area (Å²) >= 11 is 0. The van der Waals surface area contributed by atoms with Gasteiger partial charge in [0, 0.05) is 24.7 Å². The lowest BCUT2D eigenvalue weighted by atomic mass is 10.1. The highest BCUT2D eigenvalue weighted by atomic mass is 16.5. The Labute approximate surface area is 107 Å². The first-order valence-corrected chi connectivity index (χ1v) is 6.17. The topological polar surface area (TPSA) is 50.4 Å². The van der Waals surface area contributed by atoms with Crippen molar-refractivity contribution in [1.29, 1.82) is 0 Å². The van der Waals surface area contributed by atoms with Crippen LogP contribution in [0.2, 0.25) is 0 Å². The summed E-state index contributed by atoms with van der Waals surface area (Å²) in [7, 11) is 1.61. The van der Waals surface area contributed by atoms with Crippen LogP contribution in [0.5, 0.6) is 5.75 Å². The predicted octanol–water partition coefficient (Wildman–Crippen LogP) is 1.69. The Bertz CT molecular complexity index is 428. The second kappa shape index (κ2) is 6.10. The maximum Gasteiger partial charge on any atom is 0.189 e. The van der Waals surface area contributed by atoms with Crippen molar-refractivity contribution < 1.29 is 9.53 Å². The van der Waals surface area contributed by atoms with Crippen molar-refractivity contribution in [2.45, 2.75) is 12.8 Å². The largest absolute Gasteiger partial charge is 0.497 e. The van der Waals surface area contributed by atoms with Crippen molar-refractivity contribution >= 4 is 5.78 Å². The number of allylic oxidation sites excluding steroid dienone is 1. The molecule has 1 aromatic carbocycles. The van der Waals surface area contributed by atoms with E-state index in [1.807, 2.05) is 0 Å². The van der Waals surface area contributed by atoms with E-state index in [2.05, 4.69) is 10.6 Å². The Morgan fingerprint density at radius 3 is 2.33 bits per heavy atom. The van der Waals surface area contributed by atoms with Gasteiger partial charge in [-0.15, -0.1) is 0 Å². The molecule has 4 heteroatoms. The monoisotopic (exact) mass is 246 g/mol. The maximum absolute atomic E-state index is 12.0. The Kier molecular flexibility index (Phi) is 4.23. The number of carbonyl (C=O) groups is 1. The first-order valence-electron chi connectivity index (χ1n) is 6.17. The van der Waals surface area contributed by atoms with E-state index in [-0.39, 0.29) is 5.78 Å². The van der Waals surface area contributed by atoms with Gasteiger partial charge in [-0.05, 0) is 37.1 Å². The molecule has 1 heterocycles. The third kappa shape index (κ3) is 3.26. The molecule has 2 N–H and O–H groups in total. The quantitative estimate of drug-likeness (QED) is 0.629. The van der Waals surface area contributed by atoms with Gasteiger partial charge < -0.3 is 15.4 Å². The molecule has 1 aromatic rings. The minimum atomic E-state index is -0.00504. The third-order valence-electron chi connectivity index (χ3n) is 2.88. The standard InChI is InChI=1S/C14H18N2O2/c1-18-12-6-4-11(5-7-12)13(17)10-14-15-8-2-3-9-16-14/h4-7,10,15-16H,2-3,8-9H2,1H3. The molecule has 0 aromatic heterocycles. The Balaban J connectivity index is 2.07. The smallest absolute Gasteiger partial charge is 0.189 e. The summed E-state index contributed by atoms with van der Waals surface area (Å²) in [5.41, 5.74) is 0.663. The molecule has 0 radical (unpaired) electrons.